The summed E-state index contributed by atoms with van der Waals surface area (Å²) in [5.74, 6) is 0.738. The minimum Gasteiger partial charge on any atom is -0.497 e. The van der Waals surface area contributed by atoms with E-state index >= 15 is 0 Å². The lowest BCUT2D eigenvalue weighted by molar-refractivity contribution is 0.250. The minimum atomic E-state index is -0.221. The van der Waals surface area contributed by atoms with E-state index in [1.807, 2.05) is 13.8 Å². The van der Waals surface area contributed by atoms with Crippen LogP contribution in [0.3, 0.4) is 0 Å². The van der Waals surface area contributed by atoms with Gasteiger partial charge in [-0.1, -0.05) is 0 Å². The van der Waals surface area contributed by atoms with Gasteiger partial charge in [0.2, 0.25) is 0 Å². The van der Waals surface area contributed by atoms with Crippen molar-refractivity contribution in [2.24, 2.45) is 0 Å². The minimum absolute atomic E-state index is 0.108. The number of amides is 2. The summed E-state index contributed by atoms with van der Waals surface area (Å²) < 4.78 is 5.84. The molecule has 0 saturated carbocycles. The van der Waals surface area contributed by atoms with Crippen molar-refractivity contribution in [2.75, 3.05) is 12.4 Å². The number of anilines is 1. The van der Waals surface area contributed by atoms with Crippen molar-refractivity contribution in [1.82, 2.24) is 5.32 Å². The molecule has 0 aliphatic heterocycles. The maximum Gasteiger partial charge on any atom is 0.319 e. The maximum absolute atomic E-state index is 11.5. The van der Waals surface area contributed by atoms with E-state index in [0.717, 1.165) is 10.2 Å². The summed E-state index contributed by atoms with van der Waals surface area (Å²) in [6.07, 6.45) is 0. The average Bonchev–Trinajstić information content (AvgIpc) is 2.19. The van der Waals surface area contributed by atoms with Gasteiger partial charge in [0.15, 0.2) is 0 Å². The highest BCUT2D eigenvalue weighted by Crippen LogP contribution is 2.26. The molecule has 1 aromatic carbocycles. The number of halogens is 1. The van der Waals surface area contributed by atoms with E-state index < -0.39 is 0 Å². The fourth-order valence-corrected chi connectivity index (χ4v) is 1.60. The summed E-state index contributed by atoms with van der Waals surface area (Å²) in [6, 6.07) is 5.25. The van der Waals surface area contributed by atoms with Gasteiger partial charge in [0.25, 0.3) is 0 Å². The standard InChI is InChI=1S/C11H15BrN2O2/c1-7(2)13-11(15)14-10-5-4-8(16-3)6-9(10)12/h4-7H,1-3H3,(H2,13,14,15). The molecule has 2 N–H and O–H groups in total. The van der Waals surface area contributed by atoms with Gasteiger partial charge in [0, 0.05) is 10.5 Å². The highest BCUT2D eigenvalue weighted by Gasteiger charge is 2.06. The maximum atomic E-state index is 11.5. The summed E-state index contributed by atoms with van der Waals surface area (Å²) >= 11 is 3.36. The SMILES string of the molecule is COc1ccc(NC(=O)NC(C)C)c(Br)c1. The number of nitrogens with one attached hydrogen (secondary N) is 2. The normalized spacial score (nSPS) is 10.1. The first kappa shape index (κ1) is 12.8. The zero-order valence-corrected chi connectivity index (χ0v) is 11.1. The summed E-state index contributed by atoms with van der Waals surface area (Å²) in [4.78, 5) is 11.5. The Morgan fingerprint density at radius 3 is 2.62 bits per heavy atom. The molecule has 0 heterocycles. The molecule has 2 amide bonds. The first-order valence-corrected chi connectivity index (χ1v) is 5.73. The van der Waals surface area contributed by atoms with Gasteiger partial charge in [0.1, 0.15) is 5.75 Å². The monoisotopic (exact) mass is 286 g/mol. The van der Waals surface area contributed by atoms with Gasteiger partial charge in [0.05, 0.1) is 12.8 Å². The number of benzene rings is 1. The zero-order chi connectivity index (χ0) is 12.1. The van der Waals surface area contributed by atoms with E-state index in [2.05, 4.69) is 26.6 Å². The van der Waals surface area contributed by atoms with Crippen molar-refractivity contribution >= 4 is 27.6 Å². The highest BCUT2D eigenvalue weighted by molar-refractivity contribution is 9.10. The Balaban J connectivity index is 2.70. The Kier molecular flexibility index (Phi) is 4.61. The molecule has 88 valence electrons. The van der Waals surface area contributed by atoms with Crippen LogP contribution in [0.4, 0.5) is 10.5 Å². The molecule has 0 fully saturated rings. The topological polar surface area (TPSA) is 50.4 Å². The third-order valence-electron chi connectivity index (χ3n) is 1.84. The van der Waals surface area contributed by atoms with E-state index in [-0.39, 0.29) is 12.1 Å². The number of rotatable bonds is 3. The van der Waals surface area contributed by atoms with Crippen LogP contribution < -0.4 is 15.4 Å². The van der Waals surface area contributed by atoms with Crippen molar-refractivity contribution in [1.29, 1.82) is 0 Å². The van der Waals surface area contributed by atoms with E-state index in [1.54, 1.807) is 25.3 Å². The second kappa shape index (κ2) is 5.75. The Hall–Kier alpha value is -1.23. The van der Waals surface area contributed by atoms with Gasteiger partial charge in [-0.05, 0) is 48.0 Å². The highest BCUT2D eigenvalue weighted by atomic mass is 79.9. The summed E-state index contributed by atoms with van der Waals surface area (Å²) in [6.45, 7) is 3.81. The largest absolute Gasteiger partial charge is 0.497 e. The lowest BCUT2D eigenvalue weighted by Crippen LogP contribution is -2.34. The van der Waals surface area contributed by atoms with Gasteiger partial charge in [-0.15, -0.1) is 0 Å². The second-order valence-electron chi connectivity index (χ2n) is 3.60. The van der Waals surface area contributed by atoms with Crippen molar-refractivity contribution in [3.63, 3.8) is 0 Å². The fraction of sp³-hybridized carbons (Fsp3) is 0.364. The molecule has 1 rings (SSSR count). The Morgan fingerprint density at radius 1 is 1.44 bits per heavy atom. The van der Waals surface area contributed by atoms with Crippen LogP contribution >= 0.6 is 15.9 Å². The number of carbonyl (C=O) groups excluding carboxylic acids is 1. The molecule has 0 unspecified atom stereocenters. The van der Waals surface area contributed by atoms with E-state index in [4.69, 9.17) is 4.74 Å². The third-order valence-corrected chi connectivity index (χ3v) is 2.50. The first-order valence-electron chi connectivity index (χ1n) is 4.94. The summed E-state index contributed by atoms with van der Waals surface area (Å²) in [5, 5.41) is 5.49. The molecule has 1 aromatic rings. The molecule has 0 bridgehead atoms. The van der Waals surface area contributed by atoms with Gasteiger partial charge in [-0.25, -0.2) is 4.79 Å². The van der Waals surface area contributed by atoms with Crippen LogP contribution in [0.15, 0.2) is 22.7 Å². The number of methoxy groups -OCH3 is 1. The molecule has 4 nitrogen and oxygen atoms in total. The van der Waals surface area contributed by atoms with Crippen molar-refractivity contribution < 1.29 is 9.53 Å². The summed E-state index contributed by atoms with van der Waals surface area (Å²) in [7, 11) is 1.60. The van der Waals surface area contributed by atoms with E-state index in [0.29, 0.717) is 5.69 Å². The third kappa shape index (κ3) is 3.73. The zero-order valence-electron chi connectivity index (χ0n) is 9.50. The van der Waals surface area contributed by atoms with Crippen LogP contribution in [0.2, 0.25) is 0 Å². The van der Waals surface area contributed by atoms with Crippen LogP contribution in [0.5, 0.6) is 5.75 Å². The van der Waals surface area contributed by atoms with Crippen LogP contribution in [0, 0.1) is 0 Å². The first-order chi connectivity index (χ1) is 7.52. The van der Waals surface area contributed by atoms with Gasteiger partial charge in [-0.3, -0.25) is 0 Å². The number of urea groups is 1. The molecular weight excluding hydrogens is 272 g/mol. The summed E-state index contributed by atoms with van der Waals surface area (Å²) in [5.41, 5.74) is 0.707. The molecule has 5 heteroatoms. The van der Waals surface area contributed by atoms with E-state index in [1.165, 1.54) is 0 Å². The van der Waals surface area contributed by atoms with Crippen LogP contribution in [-0.2, 0) is 0 Å². The molecule has 0 atom stereocenters. The van der Waals surface area contributed by atoms with Crippen LogP contribution in [0.25, 0.3) is 0 Å². The predicted octanol–water partition coefficient (Wildman–Crippen LogP) is 2.99. The van der Waals surface area contributed by atoms with Crippen molar-refractivity contribution in [2.45, 2.75) is 19.9 Å². The molecule has 0 aliphatic rings. The Bertz CT molecular complexity index is 380. The molecule has 16 heavy (non-hydrogen) atoms. The number of hydrogen-bond acceptors (Lipinski definition) is 2. The lowest BCUT2D eigenvalue weighted by atomic mass is 10.3. The second-order valence-corrected chi connectivity index (χ2v) is 4.45. The smallest absolute Gasteiger partial charge is 0.319 e. The predicted molar refractivity (Wildman–Crippen MR) is 68.0 cm³/mol. The van der Waals surface area contributed by atoms with Crippen molar-refractivity contribution in [3.05, 3.63) is 22.7 Å². The Morgan fingerprint density at radius 2 is 2.12 bits per heavy atom. The number of ether oxygens (including phenoxy) is 1. The van der Waals surface area contributed by atoms with Crippen LogP contribution in [-0.4, -0.2) is 19.2 Å². The number of carbonyl (C=O) groups is 1. The lowest BCUT2D eigenvalue weighted by Gasteiger charge is -2.11. The molecule has 0 aliphatic carbocycles. The molecule has 0 spiro atoms. The van der Waals surface area contributed by atoms with Crippen molar-refractivity contribution in [3.8, 4) is 5.75 Å². The molecule has 0 aromatic heterocycles. The van der Waals surface area contributed by atoms with Gasteiger partial charge < -0.3 is 15.4 Å². The molecule has 0 saturated heterocycles. The van der Waals surface area contributed by atoms with Crippen LogP contribution in [0.1, 0.15) is 13.8 Å². The van der Waals surface area contributed by atoms with Gasteiger partial charge in [-0.2, -0.15) is 0 Å². The number of hydrogen-bond donors (Lipinski definition) is 2. The molecular formula is C11H15BrN2O2. The fourth-order valence-electron chi connectivity index (χ4n) is 1.14. The Labute approximate surface area is 103 Å². The van der Waals surface area contributed by atoms with Gasteiger partial charge >= 0.3 is 6.03 Å². The molecule has 0 radical (unpaired) electrons. The average molecular weight is 287 g/mol. The van der Waals surface area contributed by atoms with E-state index in [9.17, 15) is 4.79 Å². The quantitative estimate of drug-likeness (QED) is 0.898.